The van der Waals surface area contributed by atoms with E-state index in [1.165, 1.54) is 16.3 Å². The highest BCUT2D eigenvalue weighted by Crippen LogP contribution is 2.29. The van der Waals surface area contributed by atoms with E-state index < -0.39 is 0 Å². The first-order valence-electron chi connectivity index (χ1n) is 6.61. The molecular weight excluding hydrogens is 222 g/mol. The summed E-state index contributed by atoms with van der Waals surface area (Å²) >= 11 is 0. The lowest BCUT2D eigenvalue weighted by atomic mass is 9.96. The molecule has 1 heterocycles. The van der Waals surface area contributed by atoms with Gasteiger partial charge in [-0.1, -0.05) is 48.9 Å². The van der Waals surface area contributed by atoms with E-state index in [2.05, 4.69) is 47.8 Å². The zero-order valence-corrected chi connectivity index (χ0v) is 10.4. The molecule has 1 aliphatic heterocycles. The van der Waals surface area contributed by atoms with Crippen molar-refractivity contribution in [2.75, 3.05) is 0 Å². The number of hydrogen-bond donors (Lipinski definition) is 1. The number of carbonyl (C=O) groups excluding carboxylic acids is 1. The standard InChI is InChI=1S/C16H17NO/c18-16-11-4-3-10-15(17-16)14-9-5-7-12-6-1-2-8-13(12)14/h1-2,5-9,15H,3-4,10-11H2,(H,17,18). The molecule has 1 aliphatic rings. The Morgan fingerprint density at radius 2 is 1.83 bits per heavy atom. The highest BCUT2D eigenvalue weighted by Gasteiger charge is 2.19. The maximum Gasteiger partial charge on any atom is 0.220 e. The van der Waals surface area contributed by atoms with Gasteiger partial charge in [-0.25, -0.2) is 0 Å². The van der Waals surface area contributed by atoms with Gasteiger partial charge < -0.3 is 5.32 Å². The number of benzene rings is 2. The third kappa shape index (κ3) is 2.10. The van der Waals surface area contributed by atoms with Gasteiger partial charge in [0.15, 0.2) is 0 Å². The van der Waals surface area contributed by atoms with E-state index in [9.17, 15) is 4.79 Å². The molecule has 18 heavy (non-hydrogen) atoms. The quantitative estimate of drug-likeness (QED) is 0.809. The lowest BCUT2D eigenvalue weighted by molar-refractivity contribution is -0.121. The molecule has 1 N–H and O–H groups in total. The summed E-state index contributed by atoms with van der Waals surface area (Å²) in [6, 6.07) is 14.9. The van der Waals surface area contributed by atoms with Crippen molar-refractivity contribution >= 4 is 16.7 Å². The van der Waals surface area contributed by atoms with Crippen LogP contribution < -0.4 is 5.32 Å². The Morgan fingerprint density at radius 1 is 1.00 bits per heavy atom. The maximum atomic E-state index is 11.7. The van der Waals surface area contributed by atoms with Crippen molar-refractivity contribution in [1.82, 2.24) is 5.32 Å². The SMILES string of the molecule is O=C1CCCCC(c2cccc3ccccc23)N1. The fraction of sp³-hybridized carbons (Fsp3) is 0.312. The highest BCUT2D eigenvalue weighted by atomic mass is 16.1. The summed E-state index contributed by atoms with van der Waals surface area (Å²) in [5.74, 6) is 0.186. The van der Waals surface area contributed by atoms with Gasteiger partial charge in [-0.05, 0) is 29.2 Å². The topological polar surface area (TPSA) is 29.1 Å². The predicted octanol–water partition coefficient (Wildman–Crippen LogP) is 3.57. The molecule has 0 aromatic heterocycles. The molecule has 1 amide bonds. The Bertz CT molecular complexity index is 571. The summed E-state index contributed by atoms with van der Waals surface area (Å²) < 4.78 is 0. The van der Waals surface area contributed by atoms with Crippen LogP contribution in [0.25, 0.3) is 10.8 Å². The molecule has 0 saturated carbocycles. The molecule has 2 aromatic carbocycles. The number of nitrogens with one attached hydrogen (secondary N) is 1. The van der Waals surface area contributed by atoms with Gasteiger partial charge >= 0.3 is 0 Å². The largest absolute Gasteiger partial charge is 0.349 e. The molecule has 2 heteroatoms. The van der Waals surface area contributed by atoms with Gasteiger partial charge in [0.1, 0.15) is 0 Å². The average Bonchev–Trinajstić information content (AvgIpc) is 2.63. The van der Waals surface area contributed by atoms with Crippen LogP contribution in [0.5, 0.6) is 0 Å². The molecule has 0 radical (unpaired) electrons. The Morgan fingerprint density at radius 3 is 2.78 bits per heavy atom. The second kappa shape index (κ2) is 4.81. The second-order valence-corrected chi connectivity index (χ2v) is 4.93. The lowest BCUT2D eigenvalue weighted by Gasteiger charge is -2.18. The summed E-state index contributed by atoms with van der Waals surface area (Å²) in [7, 11) is 0. The van der Waals surface area contributed by atoms with Crippen molar-refractivity contribution in [2.24, 2.45) is 0 Å². The molecule has 2 nitrogen and oxygen atoms in total. The Kier molecular flexibility index (Phi) is 3.01. The average molecular weight is 239 g/mol. The molecule has 0 aliphatic carbocycles. The zero-order chi connectivity index (χ0) is 12.4. The van der Waals surface area contributed by atoms with Crippen molar-refractivity contribution in [3.8, 4) is 0 Å². The van der Waals surface area contributed by atoms with Crippen molar-refractivity contribution in [3.63, 3.8) is 0 Å². The Labute approximate surface area is 107 Å². The number of rotatable bonds is 1. The van der Waals surface area contributed by atoms with Crippen LogP contribution in [0.1, 0.15) is 37.3 Å². The number of fused-ring (bicyclic) bond motifs is 1. The van der Waals surface area contributed by atoms with Gasteiger partial charge in [0.2, 0.25) is 5.91 Å². The molecule has 1 saturated heterocycles. The van der Waals surface area contributed by atoms with E-state index in [1.807, 2.05) is 0 Å². The summed E-state index contributed by atoms with van der Waals surface area (Å²) in [5.41, 5.74) is 1.25. The van der Waals surface area contributed by atoms with Gasteiger partial charge in [0.05, 0.1) is 6.04 Å². The zero-order valence-electron chi connectivity index (χ0n) is 10.4. The maximum absolute atomic E-state index is 11.7. The van der Waals surface area contributed by atoms with Crippen molar-refractivity contribution < 1.29 is 4.79 Å². The van der Waals surface area contributed by atoms with Crippen LogP contribution in [0, 0.1) is 0 Å². The molecule has 1 fully saturated rings. The van der Waals surface area contributed by atoms with E-state index in [0.717, 1.165) is 19.3 Å². The molecule has 1 unspecified atom stereocenters. The smallest absolute Gasteiger partial charge is 0.220 e. The number of hydrogen-bond acceptors (Lipinski definition) is 1. The summed E-state index contributed by atoms with van der Waals surface area (Å²) in [6.07, 6.45) is 3.83. The third-order valence-corrected chi connectivity index (χ3v) is 3.68. The fourth-order valence-electron chi connectivity index (χ4n) is 2.76. The minimum absolute atomic E-state index is 0.172. The van der Waals surface area contributed by atoms with Crippen LogP contribution in [0.15, 0.2) is 42.5 Å². The van der Waals surface area contributed by atoms with Crippen molar-refractivity contribution in [2.45, 2.75) is 31.7 Å². The van der Waals surface area contributed by atoms with Gasteiger partial charge in [0, 0.05) is 6.42 Å². The first-order chi connectivity index (χ1) is 8.84. The van der Waals surface area contributed by atoms with E-state index in [0.29, 0.717) is 6.42 Å². The highest BCUT2D eigenvalue weighted by molar-refractivity contribution is 5.87. The van der Waals surface area contributed by atoms with Gasteiger partial charge in [0.25, 0.3) is 0 Å². The minimum atomic E-state index is 0.172. The molecule has 3 rings (SSSR count). The first-order valence-corrected chi connectivity index (χ1v) is 6.61. The van der Waals surface area contributed by atoms with E-state index >= 15 is 0 Å². The monoisotopic (exact) mass is 239 g/mol. The Balaban J connectivity index is 2.05. The van der Waals surface area contributed by atoms with E-state index in [-0.39, 0.29) is 11.9 Å². The van der Waals surface area contributed by atoms with Crippen molar-refractivity contribution in [1.29, 1.82) is 0 Å². The molecular formula is C16H17NO. The van der Waals surface area contributed by atoms with Gasteiger partial charge in [-0.2, -0.15) is 0 Å². The minimum Gasteiger partial charge on any atom is -0.349 e. The summed E-state index contributed by atoms with van der Waals surface area (Å²) in [4.78, 5) is 11.7. The van der Waals surface area contributed by atoms with Crippen molar-refractivity contribution in [3.05, 3.63) is 48.0 Å². The van der Waals surface area contributed by atoms with Crippen LogP contribution >= 0.6 is 0 Å². The molecule has 0 spiro atoms. The van der Waals surface area contributed by atoms with E-state index in [4.69, 9.17) is 0 Å². The second-order valence-electron chi connectivity index (χ2n) is 4.93. The molecule has 2 aromatic rings. The lowest BCUT2D eigenvalue weighted by Crippen LogP contribution is -2.26. The van der Waals surface area contributed by atoms with Crippen LogP contribution in [-0.4, -0.2) is 5.91 Å². The molecule has 1 atom stereocenters. The van der Waals surface area contributed by atoms with Gasteiger partial charge in [-0.3, -0.25) is 4.79 Å². The normalized spacial score (nSPS) is 20.4. The fourth-order valence-corrected chi connectivity index (χ4v) is 2.76. The van der Waals surface area contributed by atoms with Crippen LogP contribution in [0.4, 0.5) is 0 Å². The summed E-state index contributed by atoms with van der Waals surface area (Å²) in [6.45, 7) is 0. The number of amides is 1. The predicted molar refractivity (Wildman–Crippen MR) is 73.3 cm³/mol. The van der Waals surface area contributed by atoms with Crippen LogP contribution in [0.2, 0.25) is 0 Å². The third-order valence-electron chi connectivity index (χ3n) is 3.68. The molecule has 92 valence electrons. The molecule has 0 bridgehead atoms. The first kappa shape index (κ1) is 11.3. The van der Waals surface area contributed by atoms with Crippen LogP contribution in [0.3, 0.4) is 0 Å². The summed E-state index contributed by atoms with van der Waals surface area (Å²) in [5, 5.41) is 5.65. The van der Waals surface area contributed by atoms with Gasteiger partial charge in [-0.15, -0.1) is 0 Å². The van der Waals surface area contributed by atoms with E-state index in [1.54, 1.807) is 0 Å². The Hall–Kier alpha value is -1.83. The number of carbonyl (C=O) groups is 1. The van der Waals surface area contributed by atoms with Crippen LogP contribution in [-0.2, 0) is 4.79 Å².